The molecule has 176 valence electrons. The summed E-state index contributed by atoms with van der Waals surface area (Å²) >= 11 is 0. The van der Waals surface area contributed by atoms with Crippen molar-refractivity contribution in [2.24, 2.45) is 0 Å². The second kappa shape index (κ2) is 9.02. The number of methoxy groups -OCH3 is 2. The Morgan fingerprint density at radius 1 is 0.912 bits per heavy atom. The first-order valence-electron chi connectivity index (χ1n) is 11.6. The van der Waals surface area contributed by atoms with Gasteiger partial charge in [-0.25, -0.2) is 0 Å². The minimum absolute atomic E-state index is 0.0400. The van der Waals surface area contributed by atoms with Crippen LogP contribution in [-0.4, -0.2) is 25.7 Å². The van der Waals surface area contributed by atoms with E-state index in [0.717, 1.165) is 23.2 Å². The van der Waals surface area contributed by atoms with Crippen molar-refractivity contribution in [2.45, 2.75) is 45.1 Å². The molecule has 0 bridgehead atoms. The Kier molecular flexibility index (Phi) is 6.26. The van der Waals surface area contributed by atoms with Gasteiger partial charge in [-0.3, -0.25) is 4.79 Å². The Morgan fingerprint density at radius 3 is 2.29 bits per heavy atom. The van der Waals surface area contributed by atoms with E-state index >= 15 is 0 Å². The highest BCUT2D eigenvalue weighted by Crippen LogP contribution is 2.50. The molecule has 1 unspecified atom stereocenters. The largest absolute Gasteiger partial charge is 0.493 e. The number of nitrogens with zero attached hydrogens (tertiary/aromatic N) is 1. The first-order chi connectivity index (χ1) is 16.2. The van der Waals surface area contributed by atoms with Crippen LogP contribution < -0.4 is 14.4 Å². The smallest absolute Gasteiger partial charge is 0.251 e. The molecular formula is C30H33NO3. The fourth-order valence-corrected chi connectivity index (χ4v) is 5.34. The summed E-state index contributed by atoms with van der Waals surface area (Å²) in [5.41, 5.74) is 4.84. The van der Waals surface area contributed by atoms with E-state index < -0.39 is 0 Å². The van der Waals surface area contributed by atoms with Crippen LogP contribution >= 0.6 is 0 Å². The summed E-state index contributed by atoms with van der Waals surface area (Å²) < 4.78 is 10.7. The number of fused-ring (bicyclic) bond motifs is 1. The van der Waals surface area contributed by atoms with Gasteiger partial charge in [-0.1, -0.05) is 55.5 Å². The monoisotopic (exact) mass is 455 g/mol. The number of aryl methyl sites for hydroxylation is 1. The second-order valence-electron chi connectivity index (χ2n) is 9.83. The van der Waals surface area contributed by atoms with Crippen molar-refractivity contribution in [1.29, 1.82) is 0 Å². The van der Waals surface area contributed by atoms with Crippen molar-refractivity contribution in [1.82, 2.24) is 0 Å². The molecule has 1 aliphatic heterocycles. The van der Waals surface area contributed by atoms with Crippen LogP contribution in [0.4, 0.5) is 5.69 Å². The maximum atomic E-state index is 13.7. The third kappa shape index (κ3) is 4.21. The summed E-state index contributed by atoms with van der Waals surface area (Å²) in [5, 5.41) is 0. The summed E-state index contributed by atoms with van der Waals surface area (Å²) in [4.78, 5) is 15.6. The number of carbonyl (C=O) groups excluding carboxylic acids is 1. The fourth-order valence-electron chi connectivity index (χ4n) is 5.34. The van der Waals surface area contributed by atoms with Gasteiger partial charge in [0.1, 0.15) is 0 Å². The SMILES string of the molecule is COc1ccc(C=CC(=O)N2c3cc(C)ccc3C(C)(c3ccccc3)CC2(C)C)cc1OC. The zero-order valence-corrected chi connectivity index (χ0v) is 20.9. The molecule has 4 heteroatoms. The number of anilines is 1. The average molecular weight is 456 g/mol. The van der Waals surface area contributed by atoms with Gasteiger partial charge in [0, 0.05) is 22.7 Å². The first kappa shape index (κ1) is 23.6. The Labute approximate surface area is 202 Å². The minimum Gasteiger partial charge on any atom is -0.493 e. The quantitative estimate of drug-likeness (QED) is 0.410. The van der Waals surface area contributed by atoms with Crippen LogP contribution in [0.5, 0.6) is 11.5 Å². The van der Waals surface area contributed by atoms with Gasteiger partial charge in [0.15, 0.2) is 11.5 Å². The summed E-state index contributed by atoms with van der Waals surface area (Å²) in [6.07, 6.45) is 4.30. The van der Waals surface area contributed by atoms with E-state index in [1.807, 2.05) is 35.2 Å². The van der Waals surface area contributed by atoms with Crippen LogP contribution in [0.25, 0.3) is 6.08 Å². The third-order valence-corrected chi connectivity index (χ3v) is 6.84. The Bertz CT molecular complexity index is 1230. The van der Waals surface area contributed by atoms with E-state index in [9.17, 15) is 4.79 Å². The van der Waals surface area contributed by atoms with Crippen LogP contribution in [0.15, 0.2) is 72.8 Å². The second-order valence-corrected chi connectivity index (χ2v) is 9.83. The summed E-state index contributed by atoms with van der Waals surface area (Å²) in [7, 11) is 3.22. The van der Waals surface area contributed by atoms with Gasteiger partial charge >= 0.3 is 0 Å². The molecule has 0 N–H and O–H groups in total. The molecule has 0 saturated carbocycles. The number of hydrogen-bond donors (Lipinski definition) is 0. The molecule has 3 aromatic rings. The van der Waals surface area contributed by atoms with E-state index in [2.05, 4.69) is 70.2 Å². The molecule has 4 nitrogen and oxygen atoms in total. The van der Waals surface area contributed by atoms with Gasteiger partial charge < -0.3 is 14.4 Å². The van der Waals surface area contributed by atoms with Gasteiger partial charge in [-0.05, 0) is 73.7 Å². The van der Waals surface area contributed by atoms with E-state index in [1.54, 1.807) is 20.3 Å². The van der Waals surface area contributed by atoms with Crippen molar-refractivity contribution < 1.29 is 14.3 Å². The molecule has 4 rings (SSSR count). The lowest BCUT2D eigenvalue weighted by molar-refractivity contribution is -0.115. The van der Waals surface area contributed by atoms with Gasteiger partial charge in [-0.2, -0.15) is 0 Å². The topological polar surface area (TPSA) is 38.8 Å². The van der Waals surface area contributed by atoms with Crippen molar-refractivity contribution in [3.63, 3.8) is 0 Å². The summed E-state index contributed by atoms with van der Waals surface area (Å²) in [6, 6.07) is 22.7. The van der Waals surface area contributed by atoms with Crippen LogP contribution in [-0.2, 0) is 10.2 Å². The maximum Gasteiger partial charge on any atom is 0.251 e. The molecule has 0 aliphatic carbocycles. The van der Waals surface area contributed by atoms with E-state index in [4.69, 9.17) is 9.47 Å². The number of ether oxygens (including phenoxy) is 2. The maximum absolute atomic E-state index is 13.7. The standard InChI is InChI=1S/C30H33NO3/c1-21-12-15-24-25(18-21)31(29(2,3)20-30(24,4)23-10-8-7-9-11-23)28(32)17-14-22-13-16-26(33-5)27(19-22)34-6/h7-19H,20H2,1-6H3. The van der Waals surface area contributed by atoms with Gasteiger partial charge in [-0.15, -0.1) is 0 Å². The molecule has 0 spiro atoms. The molecule has 1 atom stereocenters. The van der Waals surface area contributed by atoms with Crippen molar-refractivity contribution in [3.8, 4) is 11.5 Å². The van der Waals surface area contributed by atoms with Crippen LogP contribution in [0.1, 0.15) is 49.4 Å². The molecule has 34 heavy (non-hydrogen) atoms. The molecule has 1 heterocycles. The van der Waals surface area contributed by atoms with Gasteiger partial charge in [0.2, 0.25) is 0 Å². The Morgan fingerprint density at radius 2 is 1.62 bits per heavy atom. The third-order valence-electron chi connectivity index (χ3n) is 6.84. The van der Waals surface area contributed by atoms with E-state index in [0.29, 0.717) is 11.5 Å². The normalized spacial score (nSPS) is 19.1. The van der Waals surface area contributed by atoms with Crippen molar-refractivity contribution >= 4 is 17.7 Å². The minimum atomic E-state index is -0.385. The first-order valence-corrected chi connectivity index (χ1v) is 11.6. The van der Waals surface area contributed by atoms with Crippen molar-refractivity contribution in [2.75, 3.05) is 19.1 Å². The Hall–Kier alpha value is -3.53. The number of carbonyl (C=O) groups is 1. The number of hydrogen-bond acceptors (Lipinski definition) is 3. The summed E-state index contributed by atoms with van der Waals surface area (Å²) in [6.45, 7) is 8.67. The lowest BCUT2D eigenvalue weighted by atomic mass is 9.65. The Balaban J connectivity index is 1.76. The predicted molar refractivity (Wildman–Crippen MR) is 139 cm³/mol. The highest BCUT2D eigenvalue weighted by Gasteiger charge is 2.47. The molecule has 0 radical (unpaired) electrons. The molecular weight excluding hydrogens is 422 g/mol. The molecule has 3 aromatic carbocycles. The molecule has 0 aromatic heterocycles. The van der Waals surface area contributed by atoms with Crippen LogP contribution in [0.2, 0.25) is 0 Å². The molecule has 1 amide bonds. The lowest BCUT2D eigenvalue weighted by Crippen LogP contribution is -2.55. The highest BCUT2D eigenvalue weighted by molar-refractivity contribution is 6.06. The fraction of sp³-hybridized carbons (Fsp3) is 0.300. The number of benzene rings is 3. The van der Waals surface area contributed by atoms with Gasteiger partial charge in [0.25, 0.3) is 5.91 Å². The zero-order valence-electron chi connectivity index (χ0n) is 20.9. The highest BCUT2D eigenvalue weighted by atomic mass is 16.5. The van der Waals surface area contributed by atoms with Crippen LogP contribution in [0, 0.1) is 6.92 Å². The molecule has 0 saturated heterocycles. The molecule has 0 fully saturated rings. The predicted octanol–water partition coefficient (Wildman–Crippen LogP) is 6.55. The van der Waals surface area contributed by atoms with Crippen LogP contribution in [0.3, 0.4) is 0 Å². The number of rotatable bonds is 5. The zero-order chi connectivity index (χ0) is 24.5. The molecule has 1 aliphatic rings. The lowest BCUT2D eigenvalue weighted by Gasteiger charge is -2.51. The number of amides is 1. The van der Waals surface area contributed by atoms with Gasteiger partial charge in [0.05, 0.1) is 14.2 Å². The van der Waals surface area contributed by atoms with Crippen molar-refractivity contribution in [3.05, 3.63) is 95.1 Å². The van der Waals surface area contributed by atoms with E-state index in [1.165, 1.54) is 11.1 Å². The average Bonchev–Trinajstić information content (AvgIpc) is 2.82. The van der Waals surface area contributed by atoms with E-state index in [-0.39, 0.29) is 16.9 Å². The summed E-state index contributed by atoms with van der Waals surface area (Å²) in [5.74, 6) is 1.25.